The molecule has 0 fully saturated rings. The van der Waals surface area contributed by atoms with Gasteiger partial charge >= 0.3 is 17.9 Å². The van der Waals surface area contributed by atoms with Gasteiger partial charge in [0.2, 0.25) is 0 Å². The van der Waals surface area contributed by atoms with E-state index < -0.39 is 54.8 Å². The third kappa shape index (κ3) is 8.18. The number of nitrogens with one attached hydrogen (secondary N) is 1. The van der Waals surface area contributed by atoms with Crippen LogP contribution < -0.4 is 15.8 Å². The summed E-state index contributed by atoms with van der Waals surface area (Å²) in [7, 11) is 0. The van der Waals surface area contributed by atoms with Crippen molar-refractivity contribution in [2.45, 2.75) is 25.3 Å². The highest BCUT2D eigenvalue weighted by atomic mass is 16.6. The molecule has 0 bridgehead atoms. The first-order valence-corrected chi connectivity index (χ1v) is 9.94. The van der Waals surface area contributed by atoms with E-state index in [-0.39, 0.29) is 24.3 Å². The fourth-order valence-corrected chi connectivity index (χ4v) is 2.75. The number of aliphatic carboxylic acids is 1. The Morgan fingerprint density at radius 2 is 1.79 bits per heavy atom. The number of carboxylic acids is 1. The standard InChI is InChI=1S/C21H23N3O9/c22-15(6-1-2-9-24-16(25)7-8-17(24)26)21(31)33-19(29)11-23-20(30)13-4-3-5-14(10-13)32-12-18(27)28/h3-5,7-8,10,15H,1-2,6,9,11-12,22H2,(H,23,30)(H,27,28). The van der Waals surface area contributed by atoms with Gasteiger partial charge in [-0.2, -0.15) is 0 Å². The Kier molecular flexibility index (Phi) is 9.24. The molecular weight excluding hydrogens is 438 g/mol. The van der Waals surface area contributed by atoms with Crippen molar-refractivity contribution in [2.75, 3.05) is 19.7 Å². The lowest BCUT2D eigenvalue weighted by atomic mass is 10.1. The van der Waals surface area contributed by atoms with Gasteiger partial charge in [-0.3, -0.25) is 19.3 Å². The van der Waals surface area contributed by atoms with Gasteiger partial charge in [0.1, 0.15) is 18.3 Å². The van der Waals surface area contributed by atoms with Gasteiger partial charge in [0, 0.05) is 24.3 Å². The second-order valence-electron chi connectivity index (χ2n) is 6.95. The highest BCUT2D eigenvalue weighted by Crippen LogP contribution is 2.13. The summed E-state index contributed by atoms with van der Waals surface area (Å²) < 4.78 is 9.59. The van der Waals surface area contributed by atoms with Crippen LogP contribution in [0.1, 0.15) is 29.6 Å². The zero-order valence-electron chi connectivity index (χ0n) is 17.5. The normalized spacial score (nSPS) is 13.5. The molecule has 1 aliphatic rings. The van der Waals surface area contributed by atoms with Crippen molar-refractivity contribution in [3.63, 3.8) is 0 Å². The summed E-state index contributed by atoms with van der Waals surface area (Å²) in [5.41, 5.74) is 5.81. The zero-order valence-corrected chi connectivity index (χ0v) is 17.5. The zero-order chi connectivity index (χ0) is 24.4. The number of carboxylic acid groups (broad SMARTS) is 1. The predicted molar refractivity (Wildman–Crippen MR) is 111 cm³/mol. The number of carbonyl (C=O) groups is 6. The average Bonchev–Trinajstić information content (AvgIpc) is 3.10. The number of nitrogens with zero attached hydrogens (tertiary/aromatic N) is 1. The Morgan fingerprint density at radius 3 is 2.45 bits per heavy atom. The Morgan fingerprint density at radius 1 is 1.09 bits per heavy atom. The molecule has 0 spiro atoms. The summed E-state index contributed by atoms with van der Waals surface area (Å²) in [5, 5.41) is 10.9. The first-order chi connectivity index (χ1) is 15.7. The number of nitrogens with two attached hydrogens (primary N) is 1. The summed E-state index contributed by atoms with van der Waals surface area (Å²) in [6, 6.07) is 4.57. The van der Waals surface area contributed by atoms with Gasteiger partial charge < -0.3 is 25.6 Å². The van der Waals surface area contributed by atoms with Crippen LogP contribution >= 0.6 is 0 Å². The van der Waals surface area contributed by atoms with Crippen molar-refractivity contribution < 1.29 is 43.3 Å². The molecule has 0 aliphatic carbocycles. The van der Waals surface area contributed by atoms with Gasteiger partial charge in [0.25, 0.3) is 17.7 Å². The number of amides is 3. The number of ether oxygens (including phenoxy) is 2. The lowest BCUT2D eigenvalue weighted by Gasteiger charge is -2.14. The van der Waals surface area contributed by atoms with Crippen molar-refractivity contribution in [3.8, 4) is 5.75 Å². The van der Waals surface area contributed by atoms with Crippen LogP contribution in [0.4, 0.5) is 0 Å². The molecule has 1 unspecified atom stereocenters. The minimum absolute atomic E-state index is 0.110. The van der Waals surface area contributed by atoms with E-state index in [0.717, 1.165) is 4.90 Å². The SMILES string of the molecule is NC(CCCCN1C(=O)C=CC1=O)C(=O)OC(=O)CNC(=O)c1cccc(OCC(=O)O)c1. The van der Waals surface area contributed by atoms with E-state index in [4.69, 9.17) is 15.6 Å². The lowest BCUT2D eigenvalue weighted by molar-refractivity contribution is -0.160. The fraction of sp³-hybridized carbons (Fsp3) is 0.333. The molecule has 1 heterocycles. The molecule has 1 aromatic rings. The summed E-state index contributed by atoms with van der Waals surface area (Å²) in [6.07, 6.45) is 3.38. The molecule has 2 rings (SSSR count). The molecule has 4 N–H and O–H groups in total. The summed E-state index contributed by atoms with van der Waals surface area (Å²) >= 11 is 0. The molecule has 0 aromatic heterocycles. The molecule has 1 aliphatic heterocycles. The summed E-state index contributed by atoms with van der Waals surface area (Å²) in [4.78, 5) is 70.4. The van der Waals surface area contributed by atoms with E-state index in [1.165, 1.54) is 36.4 Å². The molecule has 33 heavy (non-hydrogen) atoms. The second kappa shape index (κ2) is 12.1. The highest BCUT2D eigenvalue weighted by molar-refractivity contribution is 6.12. The Bertz CT molecular complexity index is 955. The van der Waals surface area contributed by atoms with Crippen LogP contribution in [0.5, 0.6) is 5.75 Å². The van der Waals surface area contributed by atoms with Crippen LogP contribution in [-0.4, -0.2) is 71.4 Å². The number of esters is 2. The number of benzene rings is 1. The fourth-order valence-electron chi connectivity index (χ4n) is 2.75. The predicted octanol–water partition coefficient (Wildman–Crippen LogP) is -0.628. The molecule has 176 valence electrons. The maximum absolute atomic E-state index is 12.1. The molecule has 1 atom stereocenters. The van der Waals surface area contributed by atoms with E-state index in [9.17, 15) is 28.8 Å². The molecule has 3 amide bonds. The first kappa shape index (κ1) is 25.2. The van der Waals surface area contributed by atoms with Crippen molar-refractivity contribution in [1.82, 2.24) is 10.2 Å². The van der Waals surface area contributed by atoms with Gasteiger partial charge in [-0.25, -0.2) is 14.4 Å². The average molecular weight is 461 g/mol. The number of hydrogen-bond donors (Lipinski definition) is 3. The molecule has 12 nitrogen and oxygen atoms in total. The quantitative estimate of drug-likeness (QED) is 0.157. The minimum atomic E-state index is -1.18. The summed E-state index contributed by atoms with van der Waals surface area (Å²) in [5.74, 6) is -4.44. The number of hydrogen-bond acceptors (Lipinski definition) is 9. The molecule has 12 heteroatoms. The lowest BCUT2D eigenvalue weighted by Crippen LogP contribution is -2.37. The van der Waals surface area contributed by atoms with Crippen molar-refractivity contribution in [3.05, 3.63) is 42.0 Å². The van der Waals surface area contributed by atoms with E-state index in [0.29, 0.717) is 12.8 Å². The smallest absolute Gasteiger partial charge is 0.341 e. The van der Waals surface area contributed by atoms with E-state index in [1.807, 2.05) is 0 Å². The molecule has 0 saturated heterocycles. The Labute approximate surface area is 188 Å². The third-order valence-corrected chi connectivity index (χ3v) is 4.42. The topological polar surface area (TPSA) is 182 Å². The maximum Gasteiger partial charge on any atom is 0.341 e. The van der Waals surface area contributed by atoms with Gasteiger partial charge in [-0.1, -0.05) is 6.07 Å². The number of rotatable bonds is 12. The van der Waals surface area contributed by atoms with E-state index >= 15 is 0 Å². The highest BCUT2D eigenvalue weighted by Gasteiger charge is 2.23. The van der Waals surface area contributed by atoms with Crippen LogP contribution in [0.15, 0.2) is 36.4 Å². The van der Waals surface area contributed by atoms with Gasteiger partial charge in [-0.15, -0.1) is 0 Å². The largest absolute Gasteiger partial charge is 0.482 e. The number of imide groups is 1. The first-order valence-electron chi connectivity index (χ1n) is 9.94. The monoisotopic (exact) mass is 461 g/mol. The molecule has 0 saturated carbocycles. The van der Waals surface area contributed by atoms with Gasteiger partial charge in [-0.05, 0) is 37.5 Å². The Balaban J connectivity index is 1.68. The number of unbranched alkanes of at least 4 members (excludes halogenated alkanes) is 1. The van der Waals surface area contributed by atoms with Gasteiger partial charge in [0.05, 0.1) is 0 Å². The van der Waals surface area contributed by atoms with Crippen molar-refractivity contribution >= 4 is 35.6 Å². The molecule has 1 aromatic carbocycles. The Hall–Kier alpha value is -4.06. The number of carbonyl (C=O) groups excluding carboxylic acids is 5. The van der Waals surface area contributed by atoms with Crippen LogP contribution in [0, 0.1) is 0 Å². The van der Waals surface area contributed by atoms with Crippen LogP contribution in [0.2, 0.25) is 0 Å². The molecule has 0 radical (unpaired) electrons. The maximum atomic E-state index is 12.1. The van der Waals surface area contributed by atoms with Crippen molar-refractivity contribution in [2.24, 2.45) is 5.73 Å². The van der Waals surface area contributed by atoms with E-state index in [2.05, 4.69) is 10.1 Å². The van der Waals surface area contributed by atoms with Crippen molar-refractivity contribution in [1.29, 1.82) is 0 Å². The van der Waals surface area contributed by atoms with Gasteiger partial charge in [0.15, 0.2) is 6.61 Å². The minimum Gasteiger partial charge on any atom is -0.482 e. The van der Waals surface area contributed by atoms with Crippen LogP contribution in [-0.2, 0) is 28.7 Å². The summed E-state index contributed by atoms with van der Waals surface area (Å²) in [6.45, 7) is -0.977. The van der Waals surface area contributed by atoms with Crippen LogP contribution in [0.3, 0.4) is 0 Å². The third-order valence-electron chi connectivity index (χ3n) is 4.42. The second-order valence-corrected chi connectivity index (χ2v) is 6.95. The molecular formula is C21H23N3O9. The van der Waals surface area contributed by atoms with Crippen LogP contribution in [0.25, 0.3) is 0 Å². The van der Waals surface area contributed by atoms with E-state index in [1.54, 1.807) is 0 Å².